The van der Waals surface area contributed by atoms with Crippen LogP contribution >= 0.6 is 0 Å². The van der Waals surface area contributed by atoms with E-state index in [0.29, 0.717) is 23.4 Å². The highest BCUT2D eigenvalue weighted by atomic mass is 16.1. The Morgan fingerprint density at radius 2 is 1.57 bits per heavy atom. The van der Waals surface area contributed by atoms with Crippen molar-refractivity contribution in [1.82, 2.24) is 29.2 Å². The standard InChI is InChI=1S/C32H33N9O/c1-3-15-35-30-12-14-32-37-19-29(41(32)39-30)23-6-4-5-22(16-23)26(34)17-25(20(2)42)27-11-13-31-36-18-28(40(31)38-27)21-7-9-24(33)10-8-21/h4-14,16,18-19,25-26H,3,15,17,33-34H2,1-2H3,(H,35,39). The molecule has 10 heteroatoms. The van der Waals surface area contributed by atoms with Crippen LogP contribution in [0.4, 0.5) is 11.5 Å². The minimum atomic E-state index is -0.487. The molecule has 0 saturated carbocycles. The third-order valence-corrected chi connectivity index (χ3v) is 7.46. The van der Waals surface area contributed by atoms with E-state index in [1.54, 1.807) is 17.6 Å². The maximum absolute atomic E-state index is 12.9. The monoisotopic (exact) mass is 559 g/mol. The summed E-state index contributed by atoms with van der Waals surface area (Å²) in [5.74, 6) is 0.308. The van der Waals surface area contributed by atoms with Crippen LogP contribution in [-0.4, -0.2) is 41.5 Å². The Labute approximate surface area is 243 Å². The lowest BCUT2D eigenvalue weighted by Crippen LogP contribution is -2.20. The number of carbonyl (C=O) groups is 1. The van der Waals surface area contributed by atoms with Crippen molar-refractivity contribution < 1.29 is 4.79 Å². The number of nitrogen functional groups attached to an aromatic ring is 1. The molecule has 2 unspecified atom stereocenters. The zero-order valence-corrected chi connectivity index (χ0v) is 23.6. The van der Waals surface area contributed by atoms with E-state index in [2.05, 4.69) is 22.2 Å². The van der Waals surface area contributed by atoms with E-state index in [4.69, 9.17) is 21.7 Å². The summed E-state index contributed by atoms with van der Waals surface area (Å²) < 4.78 is 3.61. The van der Waals surface area contributed by atoms with Crippen molar-refractivity contribution in [3.63, 3.8) is 0 Å². The van der Waals surface area contributed by atoms with E-state index in [9.17, 15) is 4.79 Å². The Balaban J connectivity index is 1.28. The normalized spacial score (nSPS) is 12.9. The highest BCUT2D eigenvalue weighted by molar-refractivity contribution is 5.83. The molecule has 5 N–H and O–H groups in total. The van der Waals surface area contributed by atoms with Gasteiger partial charge in [0.15, 0.2) is 11.3 Å². The Bertz CT molecular complexity index is 1870. The lowest BCUT2D eigenvalue weighted by Gasteiger charge is -2.19. The van der Waals surface area contributed by atoms with Gasteiger partial charge in [0.25, 0.3) is 0 Å². The van der Waals surface area contributed by atoms with Gasteiger partial charge in [-0.2, -0.15) is 5.10 Å². The van der Waals surface area contributed by atoms with Gasteiger partial charge in [0.05, 0.1) is 35.4 Å². The maximum atomic E-state index is 12.9. The number of imidazole rings is 2. The second-order valence-electron chi connectivity index (χ2n) is 10.5. The lowest BCUT2D eigenvalue weighted by molar-refractivity contribution is -0.118. The molecule has 0 fully saturated rings. The highest BCUT2D eigenvalue weighted by Gasteiger charge is 2.24. The molecule has 0 spiro atoms. The molecule has 0 aliphatic heterocycles. The summed E-state index contributed by atoms with van der Waals surface area (Å²) in [6, 6.07) is 22.8. The summed E-state index contributed by atoms with van der Waals surface area (Å²) in [6.07, 6.45) is 5.00. The zero-order valence-electron chi connectivity index (χ0n) is 23.6. The van der Waals surface area contributed by atoms with Gasteiger partial charge < -0.3 is 16.8 Å². The number of rotatable bonds is 10. The van der Waals surface area contributed by atoms with Crippen LogP contribution in [0.1, 0.15) is 49.9 Å². The molecular weight excluding hydrogens is 526 g/mol. The molecule has 0 amide bonds. The van der Waals surface area contributed by atoms with Crippen LogP contribution in [0.25, 0.3) is 33.8 Å². The van der Waals surface area contributed by atoms with Crippen LogP contribution in [0.15, 0.2) is 85.2 Å². The van der Waals surface area contributed by atoms with E-state index in [1.807, 2.05) is 83.5 Å². The molecule has 0 aliphatic carbocycles. The third kappa shape index (κ3) is 5.31. The number of aromatic nitrogens is 6. The second-order valence-corrected chi connectivity index (χ2v) is 10.5. The number of fused-ring (bicyclic) bond motifs is 2. The van der Waals surface area contributed by atoms with E-state index < -0.39 is 12.0 Å². The summed E-state index contributed by atoms with van der Waals surface area (Å²) in [7, 11) is 0. The molecule has 4 aromatic heterocycles. The largest absolute Gasteiger partial charge is 0.399 e. The molecule has 6 aromatic rings. The molecule has 4 heterocycles. The molecule has 2 atom stereocenters. The summed E-state index contributed by atoms with van der Waals surface area (Å²) in [4.78, 5) is 21.9. The van der Waals surface area contributed by atoms with Gasteiger partial charge in [-0.15, -0.1) is 5.10 Å². The number of hydrogen-bond donors (Lipinski definition) is 3. The van der Waals surface area contributed by atoms with Gasteiger partial charge in [-0.1, -0.05) is 37.3 Å². The SMILES string of the molecule is CCCNc1ccc2ncc(-c3cccc(C(N)CC(C(C)=O)c4ccc5ncc(-c6ccc(N)cc6)n5n4)c3)n2n1. The number of nitrogens with zero attached hydrogens (tertiary/aromatic N) is 6. The first-order valence-corrected chi connectivity index (χ1v) is 14.1. The van der Waals surface area contributed by atoms with Gasteiger partial charge in [0.1, 0.15) is 11.6 Å². The van der Waals surface area contributed by atoms with Crippen LogP contribution in [0.3, 0.4) is 0 Å². The quantitative estimate of drug-likeness (QED) is 0.193. The number of Topliss-reactive ketones (excluding diaryl/α,β-unsaturated/α-hetero) is 1. The van der Waals surface area contributed by atoms with Crippen molar-refractivity contribution >= 4 is 28.6 Å². The fourth-order valence-electron chi connectivity index (χ4n) is 5.16. The number of hydrogen-bond acceptors (Lipinski definition) is 8. The van der Waals surface area contributed by atoms with Crippen LogP contribution in [0.5, 0.6) is 0 Å². The van der Waals surface area contributed by atoms with Crippen molar-refractivity contribution in [2.24, 2.45) is 5.73 Å². The molecule has 42 heavy (non-hydrogen) atoms. The van der Waals surface area contributed by atoms with Crippen molar-refractivity contribution in [3.8, 4) is 22.5 Å². The first kappa shape index (κ1) is 27.1. The molecular formula is C32H33N9O. The van der Waals surface area contributed by atoms with Crippen LogP contribution < -0.4 is 16.8 Å². The summed E-state index contributed by atoms with van der Waals surface area (Å²) in [5.41, 5.74) is 19.9. The molecule has 2 aromatic carbocycles. The highest BCUT2D eigenvalue weighted by Crippen LogP contribution is 2.31. The molecule has 0 bridgehead atoms. The number of nitrogens with one attached hydrogen (secondary N) is 1. The number of carbonyl (C=O) groups excluding carboxylic acids is 1. The predicted molar refractivity (Wildman–Crippen MR) is 165 cm³/mol. The lowest BCUT2D eigenvalue weighted by atomic mass is 9.89. The van der Waals surface area contributed by atoms with E-state index in [1.165, 1.54) is 0 Å². The van der Waals surface area contributed by atoms with E-state index in [-0.39, 0.29) is 5.78 Å². The van der Waals surface area contributed by atoms with Gasteiger partial charge in [0, 0.05) is 29.4 Å². The molecule has 0 aliphatic rings. The van der Waals surface area contributed by atoms with Gasteiger partial charge in [0.2, 0.25) is 0 Å². The fraction of sp³-hybridized carbons (Fsp3) is 0.219. The first-order chi connectivity index (χ1) is 20.4. The summed E-state index contributed by atoms with van der Waals surface area (Å²) in [6.45, 7) is 4.54. The fourth-order valence-corrected chi connectivity index (χ4v) is 5.16. The topological polar surface area (TPSA) is 142 Å². The molecule has 0 radical (unpaired) electrons. The minimum absolute atomic E-state index is 0.000646. The van der Waals surface area contributed by atoms with Crippen LogP contribution in [0.2, 0.25) is 0 Å². The van der Waals surface area contributed by atoms with Gasteiger partial charge >= 0.3 is 0 Å². The molecule has 10 nitrogen and oxygen atoms in total. The molecule has 6 rings (SSSR count). The van der Waals surface area contributed by atoms with Crippen LogP contribution in [-0.2, 0) is 4.79 Å². The number of ketones is 1. The van der Waals surface area contributed by atoms with E-state index in [0.717, 1.165) is 52.5 Å². The average Bonchev–Trinajstić information content (AvgIpc) is 3.63. The Morgan fingerprint density at radius 3 is 2.29 bits per heavy atom. The number of nitrogens with two attached hydrogens (primary N) is 2. The van der Waals surface area contributed by atoms with Gasteiger partial charge in [-0.3, -0.25) is 4.79 Å². The zero-order chi connectivity index (χ0) is 29.2. The van der Waals surface area contributed by atoms with Crippen molar-refractivity contribution in [2.75, 3.05) is 17.6 Å². The number of benzene rings is 2. The number of anilines is 2. The Morgan fingerprint density at radius 1 is 0.881 bits per heavy atom. The van der Waals surface area contributed by atoms with Crippen molar-refractivity contribution in [2.45, 2.75) is 38.6 Å². The van der Waals surface area contributed by atoms with Gasteiger partial charge in [-0.05, 0) is 67.8 Å². The van der Waals surface area contributed by atoms with Crippen molar-refractivity contribution in [3.05, 3.63) is 96.4 Å². The molecule has 0 saturated heterocycles. The maximum Gasteiger partial charge on any atom is 0.154 e. The van der Waals surface area contributed by atoms with E-state index >= 15 is 0 Å². The smallest absolute Gasteiger partial charge is 0.154 e. The molecule has 212 valence electrons. The predicted octanol–water partition coefficient (Wildman–Crippen LogP) is 5.27. The summed E-state index contributed by atoms with van der Waals surface area (Å²) in [5, 5.41) is 12.9. The van der Waals surface area contributed by atoms with Gasteiger partial charge in [-0.25, -0.2) is 19.0 Å². The Kier molecular flexibility index (Phi) is 7.37. The Hall–Kier alpha value is -5.09. The average molecular weight is 560 g/mol. The third-order valence-electron chi connectivity index (χ3n) is 7.46. The summed E-state index contributed by atoms with van der Waals surface area (Å²) >= 11 is 0. The van der Waals surface area contributed by atoms with Crippen molar-refractivity contribution in [1.29, 1.82) is 0 Å². The van der Waals surface area contributed by atoms with Crippen LogP contribution in [0, 0.1) is 0 Å². The second kappa shape index (κ2) is 11.4. The minimum Gasteiger partial charge on any atom is -0.399 e. The first-order valence-electron chi connectivity index (χ1n) is 14.1.